The Kier molecular flexibility index (Phi) is 5.92. The van der Waals surface area contributed by atoms with Gasteiger partial charge in [-0.25, -0.2) is 18.9 Å². The van der Waals surface area contributed by atoms with Crippen molar-refractivity contribution < 1.29 is 9.53 Å². The largest absolute Gasteiger partial charge is 0.383 e. The fourth-order valence-electron chi connectivity index (χ4n) is 2.60. The van der Waals surface area contributed by atoms with Gasteiger partial charge in [0.25, 0.3) is 0 Å². The van der Waals surface area contributed by atoms with E-state index in [-0.39, 0.29) is 18.1 Å². The zero-order valence-electron chi connectivity index (χ0n) is 15.4. The summed E-state index contributed by atoms with van der Waals surface area (Å²) in [6.45, 7) is 4.71. The summed E-state index contributed by atoms with van der Waals surface area (Å²) in [5.41, 5.74) is 2.36. The molecule has 2 heterocycles. The molecule has 9 heteroatoms. The topological polar surface area (TPSA) is 90.5 Å². The van der Waals surface area contributed by atoms with Crippen LogP contribution < -0.4 is 11.0 Å². The van der Waals surface area contributed by atoms with E-state index >= 15 is 0 Å². The van der Waals surface area contributed by atoms with Crippen LogP contribution in [0, 0.1) is 13.8 Å². The number of nitrogens with one attached hydrogen (secondary N) is 1. The van der Waals surface area contributed by atoms with E-state index in [1.54, 1.807) is 19.5 Å². The Labute approximate surface area is 160 Å². The summed E-state index contributed by atoms with van der Waals surface area (Å²) < 4.78 is 7.44. The first-order chi connectivity index (χ1) is 13.0. The SMILES string of the molecule is COCCNC(=O)Cn1nc2c(Sc3ccc(C)cc3C)nccn2c1=O. The molecule has 3 rings (SSSR count). The zero-order valence-corrected chi connectivity index (χ0v) is 16.2. The van der Waals surface area contributed by atoms with E-state index in [2.05, 4.69) is 21.5 Å². The summed E-state index contributed by atoms with van der Waals surface area (Å²) in [6, 6.07) is 6.15. The summed E-state index contributed by atoms with van der Waals surface area (Å²) in [6.07, 6.45) is 3.11. The lowest BCUT2D eigenvalue weighted by atomic mass is 10.2. The van der Waals surface area contributed by atoms with Gasteiger partial charge in [0, 0.05) is 30.9 Å². The molecule has 0 saturated carbocycles. The van der Waals surface area contributed by atoms with Crippen molar-refractivity contribution in [2.75, 3.05) is 20.3 Å². The van der Waals surface area contributed by atoms with Crippen molar-refractivity contribution in [1.82, 2.24) is 24.5 Å². The molecule has 0 saturated heterocycles. The molecule has 0 unspecified atom stereocenters. The number of aryl methyl sites for hydroxylation is 2. The van der Waals surface area contributed by atoms with E-state index in [0.717, 1.165) is 15.1 Å². The molecule has 142 valence electrons. The van der Waals surface area contributed by atoms with Gasteiger partial charge in [0.15, 0.2) is 5.65 Å². The highest BCUT2D eigenvalue weighted by atomic mass is 32.2. The predicted octanol–water partition coefficient (Wildman–Crippen LogP) is 1.42. The number of nitrogens with zero attached hydrogens (tertiary/aromatic N) is 4. The molecule has 1 N–H and O–H groups in total. The van der Waals surface area contributed by atoms with Gasteiger partial charge in [0.2, 0.25) is 5.91 Å². The monoisotopic (exact) mass is 387 g/mol. The first-order valence-electron chi connectivity index (χ1n) is 8.44. The van der Waals surface area contributed by atoms with Crippen molar-refractivity contribution >= 4 is 23.3 Å². The van der Waals surface area contributed by atoms with Crippen LogP contribution in [0.4, 0.5) is 0 Å². The highest BCUT2D eigenvalue weighted by Crippen LogP contribution is 2.30. The van der Waals surface area contributed by atoms with Gasteiger partial charge in [-0.15, -0.1) is 5.10 Å². The van der Waals surface area contributed by atoms with Crippen LogP contribution in [0.15, 0.2) is 45.3 Å². The lowest BCUT2D eigenvalue weighted by Gasteiger charge is -2.06. The summed E-state index contributed by atoms with van der Waals surface area (Å²) >= 11 is 1.45. The highest BCUT2D eigenvalue weighted by molar-refractivity contribution is 7.99. The second-order valence-electron chi connectivity index (χ2n) is 6.08. The minimum Gasteiger partial charge on any atom is -0.383 e. The number of hydrogen-bond acceptors (Lipinski definition) is 6. The first kappa shape index (κ1) is 19.1. The second-order valence-corrected chi connectivity index (χ2v) is 7.11. The quantitative estimate of drug-likeness (QED) is 0.617. The van der Waals surface area contributed by atoms with E-state index in [1.807, 2.05) is 26.0 Å². The van der Waals surface area contributed by atoms with Gasteiger partial charge in [-0.1, -0.05) is 29.5 Å². The molecule has 0 aliphatic rings. The lowest BCUT2D eigenvalue weighted by Crippen LogP contribution is -2.34. The second kappa shape index (κ2) is 8.36. The molecular weight excluding hydrogens is 366 g/mol. The van der Waals surface area contributed by atoms with Crippen molar-refractivity contribution in [2.24, 2.45) is 0 Å². The Hall–Kier alpha value is -2.65. The maximum atomic E-state index is 12.5. The Morgan fingerprint density at radius 1 is 1.33 bits per heavy atom. The van der Waals surface area contributed by atoms with Crippen LogP contribution in [0.5, 0.6) is 0 Å². The third-order valence-corrected chi connectivity index (χ3v) is 5.09. The van der Waals surface area contributed by atoms with Crippen LogP contribution in [0.1, 0.15) is 11.1 Å². The van der Waals surface area contributed by atoms with E-state index in [0.29, 0.717) is 23.8 Å². The average molecular weight is 387 g/mol. The maximum absolute atomic E-state index is 12.5. The summed E-state index contributed by atoms with van der Waals surface area (Å²) in [7, 11) is 1.56. The minimum atomic E-state index is -0.378. The number of ether oxygens (including phenoxy) is 1. The van der Waals surface area contributed by atoms with E-state index < -0.39 is 0 Å². The number of aromatic nitrogens is 4. The predicted molar refractivity (Wildman–Crippen MR) is 102 cm³/mol. The third-order valence-electron chi connectivity index (χ3n) is 3.93. The van der Waals surface area contributed by atoms with Gasteiger partial charge in [-0.2, -0.15) is 0 Å². The van der Waals surface area contributed by atoms with E-state index in [9.17, 15) is 9.59 Å². The van der Waals surface area contributed by atoms with Crippen LogP contribution in [-0.2, 0) is 16.1 Å². The minimum absolute atomic E-state index is 0.155. The lowest BCUT2D eigenvalue weighted by molar-refractivity contribution is -0.122. The van der Waals surface area contributed by atoms with Crippen molar-refractivity contribution in [3.05, 3.63) is 52.2 Å². The molecule has 0 aliphatic heterocycles. The van der Waals surface area contributed by atoms with Gasteiger partial charge in [0.1, 0.15) is 11.6 Å². The van der Waals surface area contributed by atoms with Gasteiger partial charge in [-0.3, -0.25) is 4.79 Å². The molecule has 2 aromatic heterocycles. The molecule has 0 bridgehead atoms. The third kappa shape index (κ3) is 4.37. The first-order valence-corrected chi connectivity index (χ1v) is 9.26. The fraction of sp³-hybridized carbons (Fsp3) is 0.333. The van der Waals surface area contributed by atoms with E-state index in [4.69, 9.17) is 4.74 Å². The van der Waals surface area contributed by atoms with Crippen LogP contribution in [-0.4, -0.2) is 45.3 Å². The Morgan fingerprint density at radius 2 is 2.15 bits per heavy atom. The molecule has 0 aliphatic carbocycles. The molecule has 27 heavy (non-hydrogen) atoms. The van der Waals surface area contributed by atoms with Crippen molar-refractivity contribution in [2.45, 2.75) is 30.3 Å². The van der Waals surface area contributed by atoms with Crippen LogP contribution >= 0.6 is 11.8 Å². The fourth-order valence-corrected chi connectivity index (χ4v) is 3.51. The molecule has 1 aromatic carbocycles. The number of carbonyl (C=O) groups excluding carboxylic acids is 1. The average Bonchev–Trinajstić information content (AvgIpc) is 2.95. The molecule has 0 fully saturated rings. The molecule has 0 radical (unpaired) electrons. The van der Waals surface area contributed by atoms with Gasteiger partial charge in [-0.05, 0) is 25.5 Å². The van der Waals surface area contributed by atoms with Crippen molar-refractivity contribution in [3.8, 4) is 0 Å². The number of methoxy groups -OCH3 is 1. The van der Waals surface area contributed by atoms with Gasteiger partial charge < -0.3 is 10.1 Å². The maximum Gasteiger partial charge on any atom is 0.350 e. The summed E-state index contributed by atoms with van der Waals surface area (Å²) in [4.78, 5) is 29.9. The summed E-state index contributed by atoms with van der Waals surface area (Å²) in [5.74, 6) is -0.297. The molecular formula is C18H21N5O3S. The normalized spacial score (nSPS) is 11.1. The number of carbonyl (C=O) groups is 1. The Bertz CT molecular complexity index is 1030. The summed E-state index contributed by atoms with van der Waals surface area (Å²) in [5, 5.41) is 7.60. The number of hydrogen-bond donors (Lipinski definition) is 1. The smallest absolute Gasteiger partial charge is 0.350 e. The molecule has 8 nitrogen and oxygen atoms in total. The van der Waals surface area contributed by atoms with Crippen molar-refractivity contribution in [1.29, 1.82) is 0 Å². The van der Waals surface area contributed by atoms with Crippen LogP contribution in [0.3, 0.4) is 0 Å². The van der Waals surface area contributed by atoms with Crippen LogP contribution in [0.25, 0.3) is 5.65 Å². The van der Waals surface area contributed by atoms with Gasteiger partial charge in [0.05, 0.1) is 6.61 Å². The number of fused-ring (bicyclic) bond motifs is 1. The highest BCUT2D eigenvalue weighted by Gasteiger charge is 2.15. The number of rotatable bonds is 7. The van der Waals surface area contributed by atoms with Crippen molar-refractivity contribution in [3.63, 3.8) is 0 Å². The van der Waals surface area contributed by atoms with E-state index in [1.165, 1.54) is 21.7 Å². The molecule has 1 amide bonds. The number of benzene rings is 1. The number of amides is 1. The molecule has 0 atom stereocenters. The standard InChI is InChI=1S/C18H21N5O3S/c1-12-4-5-14(13(2)10-12)27-17-16-21-23(11-15(24)19-7-9-26-3)18(25)22(16)8-6-20-17/h4-6,8,10H,7,9,11H2,1-3H3,(H,19,24). The molecule has 0 spiro atoms. The van der Waals surface area contributed by atoms with Crippen LogP contribution in [0.2, 0.25) is 0 Å². The zero-order chi connectivity index (χ0) is 19.4. The Morgan fingerprint density at radius 3 is 2.89 bits per heavy atom. The Balaban J connectivity index is 1.88. The molecule has 3 aromatic rings. The van der Waals surface area contributed by atoms with Gasteiger partial charge >= 0.3 is 5.69 Å².